The third-order valence-corrected chi connectivity index (χ3v) is 5.14. The Hall–Kier alpha value is -1.95. The molecule has 21 heavy (non-hydrogen) atoms. The predicted molar refractivity (Wildman–Crippen MR) is 79.1 cm³/mol. The van der Waals surface area contributed by atoms with E-state index in [0.29, 0.717) is 0 Å². The molecule has 0 aliphatic rings. The zero-order chi connectivity index (χ0) is 15.6. The molecule has 1 heterocycles. The first-order valence-electron chi connectivity index (χ1n) is 5.52. The lowest BCUT2D eigenvalue weighted by Gasteiger charge is -2.07. The highest BCUT2D eigenvalue weighted by molar-refractivity contribution is 7.93. The van der Waals surface area contributed by atoms with Crippen LogP contribution >= 0.6 is 22.9 Å². The van der Waals surface area contributed by atoms with Crippen LogP contribution < -0.4 is 4.72 Å². The van der Waals surface area contributed by atoms with Crippen LogP contribution in [0.15, 0.2) is 28.5 Å². The molecule has 0 amide bonds. The summed E-state index contributed by atoms with van der Waals surface area (Å²) in [6.07, 6.45) is 0. The zero-order valence-electron chi connectivity index (χ0n) is 10.6. The molecule has 108 valence electrons. The van der Waals surface area contributed by atoms with Gasteiger partial charge in [-0.3, -0.25) is 9.52 Å². The first-order chi connectivity index (χ1) is 9.83. The molecule has 0 aliphatic carbocycles. The number of nitrogens with one attached hydrogen (secondary N) is 1. The van der Waals surface area contributed by atoms with Crippen molar-refractivity contribution >= 4 is 43.9 Å². The van der Waals surface area contributed by atoms with Crippen LogP contribution in [-0.4, -0.2) is 19.2 Å². The summed E-state index contributed by atoms with van der Waals surface area (Å²) in [5, 5.41) is 10.3. The number of hydrogen-bond acceptors (Lipinski definition) is 6. The maximum atomic E-state index is 12.2. The largest absolute Gasteiger partial charge is 0.293 e. The number of nitriles is 1. The van der Waals surface area contributed by atoms with Crippen molar-refractivity contribution in [3.8, 4) is 6.07 Å². The molecule has 0 spiro atoms. The summed E-state index contributed by atoms with van der Waals surface area (Å²) >= 11 is 6.84. The second-order valence-electron chi connectivity index (χ2n) is 3.96. The van der Waals surface area contributed by atoms with Gasteiger partial charge in [-0.15, -0.1) is 11.3 Å². The van der Waals surface area contributed by atoms with Crippen molar-refractivity contribution in [3.63, 3.8) is 0 Å². The molecule has 6 nitrogen and oxygen atoms in total. The first kappa shape index (κ1) is 15.4. The molecule has 1 aromatic heterocycles. The van der Waals surface area contributed by atoms with Gasteiger partial charge >= 0.3 is 0 Å². The Morgan fingerprint density at radius 2 is 2.19 bits per heavy atom. The minimum atomic E-state index is -3.99. The Labute approximate surface area is 130 Å². The second-order valence-corrected chi connectivity index (χ2v) is 6.87. The number of aromatic nitrogens is 1. The van der Waals surface area contributed by atoms with Crippen molar-refractivity contribution in [2.45, 2.75) is 11.8 Å². The molecule has 0 bridgehead atoms. The van der Waals surface area contributed by atoms with Gasteiger partial charge in [-0.05, 0) is 18.2 Å². The van der Waals surface area contributed by atoms with Gasteiger partial charge in [-0.1, -0.05) is 11.6 Å². The number of nitrogens with zero attached hydrogens (tertiary/aromatic N) is 2. The second kappa shape index (κ2) is 5.81. The van der Waals surface area contributed by atoms with Crippen LogP contribution in [0.1, 0.15) is 23.0 Å². The van der Waals surface area contributed by atoms with E-state index in [9.17, 15) is 13.2 Å². The van der Waals surface area contributed by atoms with Crippen LogP contribution in [0.2, 0.25) is 5.02 Å². The van der Waals surface area contributed by atoms with E-state index in [1.807, 2.05) is 6.07 Å². The highest BCUT2D eigenvalue weighted by Crippen LogP contribution is 2.26. The lowest BCUT2D eigenvalue weighted by atomic mass is 10.2. The molecular formula is C12H8ClN3O3S2. The molecule has 0 unspecified atom stereocenters. The van der Waals surface area contributed by atoms with Gasteiger partial charge in [0.15, 0.2) is 10.9 Å². The van der Waals surface area contributed by atoms with Crippen LogP contribution in [0.4, 0.5) is 5.13 Å². The van der Waals surface area contributed by atoms with Gasteiger partial charge < -0.3 is 0 Å². The summed E-state index contributed by atoms with van der Waals surface area (Å²) < 4.78 is 26.7. The number of benzene rings is 1. The minimum Gasteiger partial charge on any atom is -0.293 e. The van der Waals surface area contributed by atoms with Crippen molar-refractivity contribution in [2.75, 3.05) is 4.72 Å². The van der Waals surface area contributed by atoms with E-state index in [2.05, 4.69) is 9.71 Å². The summed E-state index contributed by atoms with van der Waals surface area (Å²) in [4.78, 5) is 14.8. The molecule has 2 aromatic rings. The summed E-state index contributed by atoms with van der Waals surface area (Å²) in [6.45, 7) is 1.33. The topological polar surface area (TPSA) is 99.9 Å². The number of hydrogen-bond donors (Lipinski definition) is 1. The number of Topliss-reactive ketones (excluding diaryl/α,β-unsaturated/α-hetero) is 1. The van der Waals surface area contributed by atoms with Crippen LogP contribution in [0.5, 0.6) is 0 Å². The fraction of sp³-hybridized carbons (Fsp3) is 0.0833. The third kappa shape index (κ3) is 3.39. The van der Waals surface area contributed by atoms with E-state index < -0.39 is 10.0 Å². The summed E-state index contributed by atoms with van der Waals surface area (Å²) in [5.41, 5.74) is 0.345. The maximum Gasteiger partial charge on any atom is 0.265 e. The molecule has 0 atom stereocenters. The van der Waals surface area contributed by atoms with Crippen molar-refractivity contribution in [1.29, 1.82) is 5.26 Å². The molecule has 0 aliphatic heterocycles. The monoisotopic (exact) mass is 341 g/mol. The molecule has 0 radical (unpaired) electrons. The highest BCUT2D eigenvalue weighted by atomic mass is 35.5. The van der Waals surface area contributed by atoms with Crippen LogP contribution in [0.25, 0.3) is 0 Å². The van der Waals surface area contributed by atoms with Gasteiger partial charge in [0, 0.05) is 12.3 Å². The predicted octanol–water partition coefficient (Wildman–Crippen LogP) is 2.67. The SMILES string of the molecule is CC(=O)c1csc(NS(=O)(=O)c2cc(C#N)ccc2Cl)n1. The van der Waals surface area contributed by atoms with Gasteiger partial charge in [0.05, 0.1) is 16.7 Å². The molecule has 0 saturated heterocycles. The number of sulfonamides is 1. The third-order valence-electron chi connectivity index (χ3n) is 2.44. The van der Waals surface area contributed by atoms with E-state index in [-0.39, 0.29) is 32.1 Å². The van der Waals surface area contributed by atoms with Crippen LogP contribution in [0.3, 0.4) is 0 Å². The highest BCUT2D eigenvalue weighted by Gasteiger charge is 2.20. The standard InChI is InChI=1S/C12H8ClN3O3S2/c1-7(17)10-6-20-12(15-10)16-21(18,19)11-4-8(5-14)2-3-9(11)13/h2-4,6H,1H3,(H,15,16). The van der Waals surface area contributed by atoms with Crippen molar-refractivity contribution < 1.29 is 13.2 Å². The average molecular weight is 342 g/mol. The molecule has 1 N–H and O–H groups in total. The Balaban J connectivity index is 2.38. The quantitative estimate of drug-likeness (QED) is 0.862. The average Bonchev–Trinajstić information content (AvgIpc) is 2.87. The van der Waals surface area contributed by atoms with Crippen molar-refractivity contribution in [3.05, 3.63) is 39.9 Å². The first-order valence-corrected chi connectivity index (χ1v) is 8.26. The molecule has 9 heteroatoms. The van der Waals surface area contributed by atoms with Gasteiger partial charge in [-0.2, -0.15) is 5.26 Å². The minimum absolute atomic E-state index is 0.00940. The normalized spacial score (nSPS) is 10.9. The fourth-order valence-electron chi connectivity index (χ4n) is 1.43. The smallest absolute Gasteiger partial charge is 0.265 e. The lowest BCUT2D eigenvalue weighted by Crippen LogP contribution is -2.13. The van der Waals surface area contributed by atoms with E-state index in [4.69, 9.17) is 16.9 Å². The number of carbonyl (C=O) groups excluding carboxylic acids is 1. The van der Waals surface area contributed by atoms with Crippen molar-refractivity contribution in [1.82, 2.24) is 4.98 Å². The summed E-state index contributed by atoms with van der Waals surface area (Å²) in [6, 6.07) is 5.76. The summed E-state index contributed by atoms with van der Waals surface area (Å²) in [7, 11) is -3.99. The maximum absolute atomic E-state index is 12.2. The Kier molecular flexibility index (Phi) is 4.27. The number of halogens is 1. The van der Waals surface area contributed by atoms with Gasteiger partial charge in [0.25, 0.3) is 10.0 Å². The summed E-state index contributed by atoms with van der Waals surface area (Å²) in [5.74, 6) is -0.263. The van der Waals surface area contributed by atoms with Gasteiger partial charge in [0.2, 0.25) is 0 Å². The van der Waals surface area contributed by atoms with Gasteiger partial charge in [0.1, 0.15) is 10.6 Å². The Bertz CT molecular complexity index is 853. The Morgan fingerprint density at radius 1 is 1.48 bits per heavy atom. The number of carbonyl (C=O) groups is 1. The van der Waals surface area contributed by atoms with E-state index >= 15 is 0 Å². The van der Waals surface area contributed by atoms with E-state index in [0.717, 1.165) is 11.3 Å². The molecule has 0 fully saturated rings. The Morgan fingerprint density at radius 3 is 2.76 bits per heavy atom. The van der Waals surface area contributed by atoms with Crippen LogP contribution in [0, 0.1) is 11.3 Å². The number of rotatable bonds is 4. The number of ketones is 1. The lowest BCUT2D eigenvalue weighted by molar-refractivity contribution is 0.101. The molecule has 2 rings (SSSR count). The number of anilines is 1. The zero-order valence-corrected chi connectivity index (χ0v) is 13.0. The van der Waals surface area contributed by atoms with Gasteiger partial charge in [-0.25, -0.2) is 13.4 Å². The van der Waals surface area contributed by atoms with Crippen LogP contribution in [-0.2, 0) is 10.0 Å². The molecule has 0 saturated carbocycles. The molecular weight excluding hydrogens is 334 g/mol. The van der Waals surface area contributed by atoms with E-state index in [1.165, 1.54) is 30.5 Å². The molecule has 1 aromatic carbocycles. The number of thiazole rings is 1. The van der Waals surface area contributed by atoms with E-state index in [1.54, 1.807) is 0 Å². The fourth-order valence-corrected chi connectivity index (χ4v) is 3.96. The van der Waals surface area contributed by atoms with Crippen molar-refractivity contribution in [2.24, 2.45) is 0 Å².